The minimum absolute atomic E-state index is 0.00241. The van der Waals surface area contributed by atoms with Crippen LogP contribution in [0.3, 0.4) is 0 Å². The van der Waals surface area contributed by atoms with Crippen LogP contribution < -0.4 is 5.32 Å². The monoisotopic (exact) mass is 464 g/mol. The molecule has 176 valence electrons. The van der Waals surface area contributed by atoms with E-state index in [1.807, 2.05) is 0 Å². The first-order valence-electron chi connectivity index (χ1n) is 10.7. The molecule has 0 unspecified atom stereocenters. The first-order valence-corrected chi connectivity index (χ1v) is 11.7. The number of ether oxygens (including phenoxy) is 2. The third-order valence-electron chi connectivity index (χ3n) is 5.02. The van der Waals surface area contributed by atoms with Crippen molar-refractivity contribution in [2.45, 2.75) is 51.5 Å². The molecule has 1 aliphatic heterocycles. The second kappa shape index (κ2) is 11.9. The van der Waals surface area contributed by atoms with E-state index in [-0.39, 0.29) is 36.2 Å². The average molecular weight is 465 g/mol. The average Bonchev–Trinajstić information content (AvgIpc) is 2.76. The first-order chi connectivity index (χ1) is 15.1. The highest BCUT2D eigenvalue weighted by atomic mass is 32.2. The van der Waals surface area contributed by atoms with Crippen LogP contribution in [0.15, 0.2) is 29.2 Å². The molecular weight excluding hydrogens is 432 g/mol. The fourth-order valence-electron chi connectivity index (χ4n) is 3.02. The molecule has 0 aliphatic carbocycles. The van der Waals surface area contributed by atoms with Crippen molar-refractivity contribution in [2.75, 3.05) is 32.1 Å². The van der Waals surface area contributed by atoms with Gasteiger partial charge in [-0.3, -0.25) is 9.59 Å². The van der Waals surface area contributed by atoms with Crippen molar-refractivity contribution in [2.24, 2.45) is 5.41 Å². The van der Waals surface area contributed by atoms with Crippen LogP contribution >= 0.6 is 11.8 Å². The number of esters is 1. The van der Waals surface area contributed by atoms with E-state index in [0.717, 1.165) is 0 Å². The van der Waals surface area contributed by atoms with Gasteiger partial charge in [0.1, 0.15) is 0 Å². The quantitative estimate of drug-likeness (QED) is 0.465. The molecule has 2 amide bonds. The summed E-state index contributed by atoms with van der Waals surface area (Å²) in [7, 11) is 0. The summed E-state index contributed by atoms with van der Waals surface area (Å²) < 4.78 is 10.2. The Bertz CT molecular complexity index is 828. The predicted octanol–water partition coefficient (Wildman–Crippen LogP) is 3.29. The fourth-order valence-corrected chi connectivity index (χ4v) is 3.87. The Morgan fingerprint density at radius 1 is 1.09 bits per heavy atom. The summed E-state index contributed by atoms with van der Waals surface area (Å²) in [5, 5.41) is 2.99. The van der Waals surface area contributed by atoms with Gasteiger partial charge in [-0.25, -0.2) is 9.59 Å². The van der Waals surface area contributed by atoms with E-state index < -0.39 is 11.4 Å². The van der Waals surface area contributed by atoms with Gasteiger partial charge in [-0.15, -0.1) is 11.8 Å². The van der Waals surface area contributed by atoms with Crippen LogP contribution in [0.1, 0.15) is 50.9 Å². The number of Topliss-reactive ketones (excluding diaryl/α,β-unsaturated/α-hetero) is 1. The summed E-state index contributed by atoms with van der Waals surface area (Å²) in [5.74, 6) is -0.749. The maximum Gasteiger partial charge on any atom is 0.409 e. The van der Waals surface area contributed by atoms with E-state index in [2.05, 4.69) is 5.32 Å². The standard InChI is InChI=1S/C23H32N2O6S/c1-5-30-22(29)25-12-10-16(11-13-25)24-20(27)15-32-18-9-7-6-8-17(18)21(28)31-14-19(26)23(2,3)4/h6-9,16H,5,10-15H2,1-4H3,(H,24,27). The van der Waals surface area contributed by atoms with E-state index >= 15 is 0 Å². The number of hydrogen-bond acceptors (Lipinski definition) is 7. The number of rotatable bonds is 8. The predicted molar refractivity (Wildman–Crippen MR) is 122 cm³/mol. The lowest BCUT2D eigenvalue weighted by molar-refractivity contribution is -0.129. The highest BCUT2D eigenvalue weighted by molar-refractivity contribution is 8.00. The molecule has 8 nitrogen and oxygen atoms in total. The molecule has 1 aromatic carbocycles. The second-order valence-electron chi connectivity index (χ2n) is 8.56. The highest BCUT2D eigenvalue weighted by Gasteiger charge is 2.25. The topological polar surface area (TPSA) is 102 Å². The van der Waals surface area contributed by atoms with Gasteiger partial charge < -0.3 is 19.7 Å². The third-order valence-corrected chi connectivity index (χ3v) is 6.10. The zero-order valence-corrected chi connectivity index (χ0v) is 20.0. The molecule has 1 N–H and O–H groups in total. The van der Waals surface area contributed by atoms with Gasteiger partial charge in [-0.05, 0) is 31.9 Å². The Kier molecular flexibility index (Phi) is 9.56. The van der Waals surface area contributed by atoms with Crippen molar-refractivity contribution >= 4 is 35.5 Å². The number of likely N-dealkylation sites (tertiary alicyclic amines) is 1. The van der Waals surface area contributed by atoms with Crippen molar-refractivity contribution in [3.63, 3.8) is 0 Å². The Morgan fingerprint density at radius 3 is 2.38 bits per heavy atom. The molecule has 0 atom stereocenters. The smallest absolute Gasteiger partial charge is 0.409 e. The molecule has 1 saturated heterocycles. The fraction of sp³-hybridized carbons (Fsp3) is 0.565. The van der Waals surface area contributed by atoms with Gasteiger partial charge in [0.25, 0.3) is 0 Å². The van der Waals surface area contributed by atoms with Gasteiger partial charge in [-0.2, -0.15) is 0 Å². The molecular formula is C23H32N2O6S. The zero-order chi connectivity index (χ0) is 23.7. The molecule has 2 rings (SSSR count). The van der Waals surface area contributed by atoms with Gasteiger partial charge in [0, 0.05) is 29.4 Å². The van der Waals surface area contributed by atoms with Gasteiger partial charge >= 0.3 is 12.1 Å². The summed E-state index contributed by atoms with van der Waals surface area (Å²) in [4.78, 5) is 50.9. The van der Waals surface area contributed by atoms with Crippen LogP contribution in [0.5, 0.6) is 0 Å². The molecule has 0 bridgehead atoms. The Balaban J connectivity index is 1.83. The number of carbonyl (C=O) groups excluding carboxylic acids is 4. The summed E-state index contributed by atoms with van der Waals surface area (Å²) in [6.45, 7) is 8.22. The largest absolute Gasteiger partial charge is 0.454 e. The van der Waals surface area contributed by atoms with E-state index in [4.69, 9.17) is 9.47 Å². The number of amides is 2. The Hall–Kier alpha value is -2.55. The number of nitrogens with zero attached hydrogens (tertiary/aromatic N) is 1. The van der Waals surface area contributed by atoms with Gasteiger partial charge in [0.05, 0.1) is 17.9 Å². The number of thioether (sulfide) groups is 1. The van der Waals surface area contributed by atoms with Crippen molar-refractivity contribution in [1.82, 2.24) is 10.2 Å². The number of benzene rings is 1. The number of carbonyl (C=O) groups is 4. The van der Waals surface area contributed by atoms with Crippen molar-refractivity contribution in [3.05, 3.63) is 29.8 Å². The van der Waals surface area contributed by atoms with Crippen LogP contribution in [-0.4, -0.2) is 66.8 Å². The molecule has 32 heavy (non-hydrogen) atoms. The van der Waals surface area contributed by atoms with Gasteiger partial charge in [-0.1, -0.05) is 32.9 Å². The molecule has 9 heteroatoms. The van der Waals surface area contributed by atoms with Gasteiger partial charge in [0.2, 0.25) is 5.91 Å². The molecule has 0 aromatic heterocycles. The zero-order valence-electron chi connectivity index (χ0n) is 19.1. The Labute approximate surface area is 193 Å². The number of nitrogens with one attached hydrogen (secondary N) is 1. The molecule has 1 fully saturated rings. The van der Waals surface area contributed by atoms with Crippen LogP contribution in [0.4, 0.5) is 4.79 Å². The second-order valence-corrected chi connectivity index (χ2v) is 9.58. The summed E-state index contributed by atoms with van der Waals surface area (Å²) in [6.07, 6.45) is 1.01. The molecule has 1 aromatic rings. The van der Waals surface area contributed by atoms with E-state index in [1.165, 1.54) is 11.8 Å². The van der Waals surface area contributed by atoms with E-state index in [9.17, 15) is 19.2 Å². The summed E-state index contributed by atoms with van der Waals surface area (Å²) in [5.41, 5.74) is -0.256. The summed E-state index contributed by atoms with van der Waals surface area (Å²) in [6, 6.07) is 6.86. The van der Waals surface area contributed by atoms with Crippen molar-refractivity contribution < 1.29 is 28.7 Å². The first kappa shape index (κ1) is 25.7. The molecule has 0 spiro atoms. The minimum atomic E-state index is -0.586. The third kappa shape index (κ3) is 7.85. The summed E-state index contributed by atoms with van der Waals surface area (Å²) >= 11 is 1.24. The van der Waals surface area contributed by atoms with Crippen LogP contribution in [0, 0.1) is 5.41 Å². The minimum Gasteiger partial charge on any atom is -0.454 e. The maximum absolute atomic E-state index is 12.5. The molecule has 1 heterocycles. The SMILES string of the molecule is CCOC(=O)N1CCC(NC(=O)CSc2ccccc2C(=O)OCC(=O)C(C)(C)C)CC1. The number of hydrogen-bond donors (Lipinski definition) is 1. The molecule has 1 aliphatic rings. The lowest BCUT2D eigenvalue weighted by Gasteiger charge is -2.31. The normalized spacial score (nSPS) is 14.6. The lowest BCUT2D eigenvalue weighted by Crippen LogP contribution is -2.47. The molecule has 0 saturated carbocycles. The maximum atomic E-state index is 12.5. The van der Waals surface area contributed by atoms with E-state index in [0.29, 0.717) is 43.0 Å². The number of piperidine rings is 1. The van der Waals surface area contributed by atoms with Gasteiger partial charge in [0.15, 0.2) is 12.4 Å². The van der Waals surface area contributed by atoms with Crippen LogP contribution in [-0.2, 0) is 19.1 Å². The highest BCUT2D eigenvalue weighted by Crippen LogP contribution is 2.24. The Morgan fingerprint density at radius 2 is 1.75 bits per heavy atom. The lowest BCUT2D eigenvalue weighted by atomic mass is 9.91. The van der Waals surface area contributed by atoms with Crippen molar-refractivity contribution in [3.8, 4) is 0 Å². The van der Waals surface area contributed by atoms with Crippen LogP contribution in [0.2, 0.25) is 0 Å². The van der Waals surface area contributed by atoms with Crippen molar-refractivity contribution in [1.29, 1.82) is 0 Å². The van der Waals surface area contributed by atoms with E-state index in [1.54, 1.807) is 56.9 Å². The molecule has 0 radical (unpaired) electrons. The van der Waals surface area contributed by atoms with Crippen LogP contribution in [0.25, 0.3) is 0 Å². The number of ketones is 1.